The molecule has 0 saturated carbocycles. The maximum atomic E-state index is 13.3. The lowest BCUT2D eigenvalue weighted by atomic mass is 9.85. The minimum absolute atomic E-state index is 0.0773. The highest BCUT2D eigenvalue weighted by molar-refractivity contribution is 7.90. The second kappa shape index (κ2) is 58.0. The Morgan fingerprint density at radius 3 is 0.785 bits per heavy atom. The van der Waals surface area contributed by atoms with Gasteiger partial charge in [0, 0.05) is 244 Å². The van der Waals surface area contributed by atoms with Gasteiger partial charge in [0.1, 0.15) is 0 Å². The number of rotatable bonds is 57. The SMILES string of the molecule is CN1Cc2c(Cl)cc(Cl)cc2[C@H](c2cccc(S(=O)(=O)NCCOCCOCCOCCNC(=O)NCCN3CCN(c4nc(N5CCN(CCNC(=O)NCCOCCOCCOCCNS(=O)(=O)c6cccc([C@@H]7CN(C)Cc8c(Cl)cc(Cl)cc87)c6)CC5)nc(N5CCN(CCNC(=O)NCCOCCOCCOCCNS(=O)(=O)c6cccc([C@@H]7CN(C)Cc8c(Cl)cc(Cl)cc87)c6)CC5)n4)CC3)c2)C1. The van der Waals surface area contributed by atoms with E-state index in [1.807, 2.05) is 57.5 Å². The number of fused-ring (bicyclic) bond motifs is 3. The first kappa shape index (κ1) is 114. The zero-order valence-electron chi connectivity index (χ0n) is 81.8. The largest absolute Gasteiger partial charge is 0.378 e. The summed E-state index contributed by atoms with van der Waals surface area (Å²) in [6, 6.07) is 30.8. The summed E-state index contributed by atoms with van der Waals surface area (Å²) in [7, 11) is -5.45. The predicted molar refractivity (Wildman–Crippen MR) is 556 cm³/mol. The lowest BCUT2D eigenvalue weighted by Gasteiger charge is -2.38. The van der Waals surface area contributed by atoms with Crippen LogP contribution >= 0.6 is 69.6 Å². The molecule has 13 rings (SSSR count). The van der Waals surface area contributed by atoms with Gasteiger partial charge in [0.05, 0.1) is 134 Å². The Kier molecular flexibility index (Phi) is 45.7. The van der Waals surface area contributed by atoms with Crippen LogP contribution in [0.2, 0.25) is 30.1 Å². The molecule has 0 bridgehead atoms. The number of urea groups is 3. The number of hydrogen-bond acceptors (Lipinski definition) is 30. The van der Waals surface area contributed by atoms with Crippen LogP contribution < -0.4 is 60.8 Å². The lowest BCUT2D eigenvalue weighted by molar-refractivity contribution is 0.0165. The van der Waals surface area contributed by atoms with Crippen molar-refractivity contribution in [3.05, 3.63) is 189 Å². The zero-order valence-corrected chi connectivity index (χ0v) is 88.8. The van der Waals surface area contributed by atoms with E-state index in [-0.39, 0.29) is 149 Å². The van der Waals surface area contributed by atoms with E-state index >= 15 is 0 Å². The minimum Gasteiger partial charge on any atom is -0.378 e. The summed E-state index contributed by atoms with van der Waals surface area (Å²) in [4.78, 5) is 74.2. The van der Waals surface area contributed by atoms with Crippen molar-refractivity contribution in [1.82, 2.24) is 90.4 Å². The third-order valence-corrected chi connectivity index (χ3v) is 31.4. The molecule has 1 aromatic heterocycles. The van der Waals surface area contributed by atoms with Gasteiger partial charge in [-0.2, -0.15) is 15.0 Å². The Morgan fingerprint density at radius 2 is 0.535 bits per heavy atom. The molecule has 9 N–H and O–H groups in total. The Hall–Kier alpha value is -7.59. The average molecular weight is 2180 g/mol. The Labute approximate surface area is 875 Å². The maximum absolute atomic E-state index is 13.3. The minimum atomic E-state index is -3.82. The number of sulfonamides is 3. The first-order valence-corrected chi connectivity index (χ1v) is 55.5. The molecule has 6 aliphatic rings. The second-order valence-electron chi connectivity index (χ2n) is 35.8. The molecular weight excluding hydrogens is 2040 g/mol. The number of ether oxygens (including phenoxy) is 9. The number of anilines is 3. The third kappa shape index (κ3) is 35.5. The van der Waals surface area contributed by atoms with Crippen molar-refractivity contribution >= 4 is 136 Å². The number of piperazine rings is 3. The highest BCUT2D eigenvalue weighted by Gasteiger charge is 2.35. The summed E-state index contributed by atoms with van der Waals surface area (Å²) in [5.74, 6) is 1.45. The van der Waals surface area contributed by atoms with Gasteiger partial charge >= 0.3 is 18.1 Å². The molecule has 792 valence electrons. The molecule has 144 heavy (non-hydrogen) atoms. The number of aromatic nitrogens is 3. The van der Waals surface area contributed by atoms with E-state index < -0.39 is 30.1 Å². The monoisotopic (exact) mass is 2180 g/mol. The van der Waals surface area contributed by atoms with Gasteiger partial charge in [0.15, 0.2) is 0 Å². The quantitative estimate of drug-likeness (QED) is 0.0175. The molecule has 0 spiro atoms. The van der Waals surface area contributed by atoms with E-state index in [1.165, 1.54) is 0 Å². The first-order valence-electron chi connectivity index (χ1n) is 48.8. The number of carbonyl (C=O) groups is 3. The predicted octanol–water partition coefficient (Wildman–Crippen LogP) is 6.87. The van der Waals surface area contributed by atoms with Gasteiger partial charge in [-0.15, -0.1) is 0 Å². The molecule has 0 aliphatic carbocycles. The molecule has 3 saturated heterocycles. The number of halogens is 6. The highest BCUT2D eigenvalue weighted by Crippen LogP contribution is 2.43. The summed E-state index contributed by atoms with van der Waals surface area (Å²) < 4.78 is 139. The highest BCUT2D eigenvalue weighted by atomic mass is 35.5. The van der Waals surface area contributed by atoms with Crippen molar-refractivity contribution in [2.75, 3.05) is 331 Å². The number of hydrogen-bond donors (Lipinski definition) is 9. The topological polar surface area (TPSA) is 413 Å². The second-order valence-corrected chi connectivity index (χ2v) is 43.6. The molecule has 0 radical (unpaired) electrons. The summed E-state index contributed by atoms with van der Waals surface area (Å²) in [6.07, 6.45) is 0. The van der Waals surface area contributed by atoms with E-state index in [0.717, 1.165) is 50.1 Å². The molecule has 6 aliphatic heterocycles. The fourth-order valence-electron chi connectivity index (χ4n) is 17.9. The number of likely N-dealkylation sites (N-methyl/N-ethyl adjacent to an activating group) is 3. The van der Waals surface area contributed by atoms with E-state index in [4.69, 9.17) is 127 Å². The smallest absolute Gasteiger partial charge is 0.314 e. The van der Waals surface area contributed by atoms with Gasteiger partial charge < -0.3 is 104 Å². The van der Waals surface area contributed by atoms with Crippen LogP contribution in [0.3, 0.4) is 0 Å². The Balaban J connectivity index is 0.470. The van der Waals surface area contributed by atoms with Crippen LogP contribution in [0.25, 0.3) is 0 Å². The van der Waals surface area contributed by atoms with Crippen molar-refractivity contribution in [1.29, 1.82) is 0 Å². The molecule has 3 fully saturated rings. The van der Waals surface area contributed by atoms with E-state index in [2.05, 4.69) is 90.2 Å². The van der Waals surface area contributed by atoms with E-state index in [9.17, 15) is 39.6 Å². The number of benzene rings is 6. The van der Waals surface area contributed by atoms with Crippen molar-refractivity contribution in [2.24, 2.45) is 0 Å². The van der Waals surface area contributed by atoms with Crippen LogP contribution in [0.1, 0.15) is 67.8 Å². The van der Waals surface area contributed by atoms with E-state index in [1.54, 1.807) is 72.8 Å². The van der Waals surface area contributed by atoms with Crippen molar-refractivity contribution in [3.63, 3.8) is 0 Å². The normalized spacial score (nSPS) is 17.6. The molecule has 3 atom stereocenters. The van der Waals surface area contributed by atoms with Crippen LogP contribution in [-0.2, 0) is 92.3 Å². The lowest BCUT2D eigenvalue weighted by Crippen LogP contribution is -2.51. The van der Waals surface area contributed by atoms with Crippen molar-refractivity contribution in [3.8, 4) is 0 Å². The summed E-state index contributed by atoms with van der Waals surface area (Å²) in [5.41, 5.74) is 8.47. The number of amides is 6. The zero-order chi connectivity index (χ0) is 102. The standard InChI is InChI=1S/C96H135Cl6N21O18S3/c1-115-64-82(79-58-73(97)61-88(100)85(79)67-115)70-7-4-10-76(55-70)142(127,128)109-19-40-136-46-52-139-49-43-133-37-16-106-94(124)103-13-22-118-25-31-121(32-26-118)91-112-92(122-33-27-119(28-34-122)23-14-104-95(125)107-17-38-134-44-50-140-53-47-137-41-20-110-143(129,130)77-11-5-8-71(56-77)83-65-116(2)68-86-80(83)59-74(98)62-89(86)101)114-93(113-91)123-35-29-120(30-36-123)24-15-105-96(126)108-18-39-135-45-51-141-54-48-138-42-21-111-144(131,132)78-12-6-9-72(57-78)84-66-117(3)69-87-81(84)60-75(99)63-90(87)102/h4-12,55-63,82-84,109-111H,13-54,64-69H2,1-3H3,(H2,103,106,124)(H2,104,107,125)(H2,105,108,126)/t82-,83-,84-/m0/s1. The molecule has 7 aromatic rings. The van der Waals surface area contributed by atoms with Crippen LogP contribution in [0.5, 0.6) is 0 Å². The molecule has 6 amide bonds. The van der Waals surface area contributed by atoms with Gasteiger partial charge in [-0.1, -0.05) is 106 Å². The average Bonchev–Trinajstić information content (AvgIpc) is 0.771. The Bertz CT molecular complexity index is 5110. The van der Waals surface area contributed by atoms with Crippen molar-refractivity contribution in [2.45, 2.75) is 52.1 Å². The van der Waals surface area contributed by atoms with Crippen molar-refractivity contribution < 1.29 is 82.3 Å². The number of carbonyl (C=O) groups excluding carboxylic acids is 3. The molecule has 39 nitrogen and oxygen atoms in total. The van der Waals surface area contributed by atoms with Gasteiger partial charge in [0.25, 0.3) is 0 Å². The van der Waals surface area contributed by atoms with Gasteiger partial charge in [-0.25, -0.2) is 53.8 Å². The van der Waals surface area contributed by atoms with Gasteiger partial charge in [0.2, 0.25) is 47.9 Å². The molecule has 0 unspecified atom stereocenters. The van der Waals surface area contributed by atoms with Gasteiger partial charge in [-0.3, -0.25) is 14.7 Å². The summed E-state index contributed by atoms with van der Waals surface area (Å²) >= 11 is 38.9. The fraction of sp³-hybridized carbons (Fsp3) is 0.562. The number of nitrogens with one attached hydrogen (secondary N) is 9. The third-order valence-electron chi connectivity index (χ3n) is 25.3. The molecule has 7 heterocycles. The molecular formula is C96H135Cl6N21O18S3. The summed E-state index contributed by atoms with van der Waals surface area (Å²) in [5, 5.41) is 20.8. The maximum Gasteiger partial charge on any atom is 0.314 e. The molecule has 48 heteroatoms. The molecule has 6 aromatic carbocycles. The fourth-order valence-corrected chi connectivity index (χ4v) is 22.8. The summed E-state index contributed by atoms with van der Waals surface area (Å²) in [6.45, 7) is 21.5. The van der Waals surface area contributed by atoms with Crippen LogP contribution in [-0.4, -0.2) is 404 Å². The van der Waals surface area contributed by atoms with Crippen LogP contribution in [0, 0.1) is 0 Å². The van der Waals surface area contributed by atoms with Crippen LogP contribution in [0.15, 0.2) is 124 Å². The Morgan fingerprint density at radius 1 is 0.306 bits per heavy atom. The van der Waals surface area contributed by atoms with E-state index in [0.29, 0.717) is 264 Å². The number of nitrogens with zero attached hydrogens (tertiary/aromatic N) is 12. The van der Waals surface area contributed by atoms with Gasteiger partial charge in [-0.05, 0) is 144 Å². The first-order chi connectivity index (χ1) is 69.6. The van der Waals surface area contributed by atoms with Crippen LogP contribution in [0.4, 0.5) is 32.2 Å².